The number of hydrogen-bond acceptors (Lipinski definition) is 5. The minimum Gasteiger partial charge on any atom is -0.489 e. The molecular weight excluding hydrogens is 400 g/mol. The maximum atomic E-state index is 12.8. The third-order valence-corrected chi connectivity index (χ3v) is 6.25. The second-order valence-corrected chi connectivity index (χ2v) is 9.71. The zero-order chi connectivity index (χ0) is 22.3. The normalized spacial score (nSPS) is 21.4. The molecule has 1 heterocycles. The number of ether oxygens (including phenoxy) is 1. The van der Waals surface area contributed by atoms with Gasteiger partial charge in [0.05, 0.1) is 16.3 Å². The average Bonchev–Trinajstić information content (AvgIpc) is 2.69. The van der Waals surface area contributed by atoms with Crippen molar-refractivity contribution in [3.63, 3.8) is 0 Å². The Bertz CT molecular complexity index is 977. The minimum atomic E-state index is -0.329. The molecule has 1 aliphatic carbocycles. The van der Waals surface area contributed by atoms with E-state index >= 15 is 0 Å². The molecule has 1 aromatic carbocycles. The van der Waals surface area contributed by atoms with E-state index in [9.17, 15) is 4.79 Å². The number of nitrogens with one attached hydrogen (secondary N) is 1. The molecule has 0 radical (unpaired) electrons. The van der Waals surface area contributed by atoms with Crippen LogP contribution in [0, 0.1) is 22.2 Å². The molecule has 1 aliphatic rings. The molecule has 1 fully saturated rings. The maximum Gasteiger partial charge on any atom is 0.272 e. The van der Waals surface area contributed by atoms with Crippen LogP contribution in [-0.4, -0.2) is 28.3 Å². The summed E-state index contributed by atoms with van der Waals surface area (Å²) in [6, 6.07) is 10.5. The van der Waals surface area contributed by atoms with Crippen molar-refractivity contribution in [3.8, 4) is 11.8 Å². The number of amides is 1. The fourth-order valence-corrected chi connectivity index (χ4v) is 4.79. The number of benzene rings is 1. The molecule has 0 aliphatic heterocycles. The summed E-state index contributed by atoms with van der Waals surface area (Å²) >= 11 is 6.14. The molecule has 30 heavy (non-hydrogen) atoms. The van der Waals surface area contributed by atoms with Crippen LogP contribution < -0.4 is 10.1 Å². The molecule has 0 saturated heterocycles. The molecule has 1 amide bonds. The summed E-state index contributed by atoms with van der Waals surface area (Å²) in [6.45, 7) is 12.3. The summed E-state index contributed by atoms with van der Waals surface area (Å²) in [4.78, 5) is 12.8. The standard InChI is InChI=1S/C23H27ClN4O2/c1-13(2)17-9-10-18(28-27-17)19(29)26-20-22(3,4)21(23(20,5)6)30-15-8-7-14(12-25)16(24)11-15/h7-11,13,20-21H,1-6H3,(H,26,29)/t20-,21-. The van der Waals surface area contributed by atoms with Crippen LogP contribution in [-0.2, 0) is 0 Å². The van der Waals surface area contributed by atoms with Crippen LogP contribution >= 0.6 is 11.6 Å². The first kappa shape index (κ1) is 22.0. The fourth-order valence-electron chi connectivity index (χ4n) is 4.57. The fraction of sp³-hybridized carbons (Fsp3) is 0.478. The first-order valence-electron chi connectivity index (χ1n) is 9.99. The van der Waals surface area contributed by atoms with Gasteiger partial charge in [-0.15, -0.1) is 5.10 Å². The summed E-state index contributed by atoms with van der Waals surface area (Å²) < 4.78 is 6.25. The third-order valence-electron chi connectivity index (χ3n) is 5.94. The molecule has 1 saturated carbocycles. The van der Waals surface area contributed by atoms with Crippen LogP contribution in [0.5, 0.6) is 5.75 Å². The Labute approximate surface area is 182 Å². The van der Waals surface area contributed by atoms with Crippen molar-refractivity contribution in [1.82, 2.24) is 15.5 Å². The van der Waals surface area contributed by atoms with E-state index < -0.39 is 0 Å². The van der Waals surface area contributed by atoms with E-state index in [2.05, 4.69) is 43.2 Å². The highest BCUT2D eigenvalue weighted by Crippen LogP contribution is 2.55. The highest BCUT2D eigenvalue weighted by atomic mass is 35.5. The molecule has 1 aromatic heterocycles. The molecule has 0 atom stereocenters. The molecule has 0 unspecified atom stereocenters. The summed E-state index contributed by atoms with van der Waals surface area (Å²) in [5, 5.41) is 20.8. The lowest BCUT2D eigenvalue weighted by Crippen LogP contribution is -2.74. The molecule has 6 nitrogen and oxygen atoms in total. The lowest BCUT2D eigenvalue weighted by molar-refractivity contribution is -0.164. The van der Waals surface area contributed by atoms with Crippen LogP contribution in [0.25, 0.3) is 0 Å². The lowest BCUT2D eigenvalue weighted by atomic mass is 9.49. The van der Waals surface area contributed by atoms with Gasteiger partial charge in [0, 0.05) is 22.9 Å². The van der Waals surface area contributed by atoms with E-state index in [1.807, 2.05) is 26.0 Å². The van der Waals surface area contributed by atoms with E-state index in [1.165, 1.54) is 0 Å². The predicted molar refractivity (Wildman–Crippen MR) is 116 cm³/mol. The molecule has 158 valence electrons. The molecule has 7 heteroatoms. The molecule has 0 bridgehead atoms. The van der Waals surface area contributed by atoms with Gasteiger partial charge in [0.1, 0.15) is 17.9 Å². The number of carbonyl (C=O) groups excluding carboxylic acids is 1. The smallest absolute Gasteiger partial charge is 0.272 e. The van der Waals surface area contributed by atoms with Gasteiger partial charge in [0.15, 0.2) is 5.69 Å². The van der Waals surface area contributed by atoms with Gasteiger partial charge in [0.2, 0.25) is 0 Å². The number of nitriles is 1. The van der Waals surface area contributed by atoms with Gasteiger partial charge < -0.3 is 10.1 Å². The van der Waals surface area contributed by atoms with Crippen molar-refractivity contribution in [2.45, 2.75) is 59.6 Å². The van der Waals surface area contributed by atoms with Gasteiger partial charge in [-0.2, -0.15) is 10.4 Å². The van der Waals surface area contributed by atoms with E-state index in [0.29, 0.717) is 22.0 Å². The number of halogens is 1. The average molecular weight is 427 g/mol. The van der Waals surface area contributed by atoms with Crippen molar-refractivity contribution >= 4 is 17.5 Å². The van der Waals surface area contributed by atoms with Crippen LogP contribution in [0.15, 0.2) is 30.3 Å². The van der Waals surface area contributed by atoms with Crippen molar-refractivity contribution < 1.29 is 9.53 Å². The maximum absolute atomic E-state index is 12.8. The van der Waals surface area contributed by atoms with Crippen LogP contribution in [0.3, 0.4) is 0 Å². The number of rotatable bonds is 5. The van der Waals surface area contributed by atoms with Gasteiger partial charge in [-0.1, -0.05) is 53.1 Å². The Morgan fingerprint density at radius 2 is 1.83 bits per heavy atom. The first-order chi connectivity index (χ1) is 14.0. The quantitative estimate of drug-likeness (QED) is 0.746. The Kier molecular flexibility index (Phi) is 5.79. The van der Waals surface area contributed by atoms with Crippen LogP contribution in [0.4, 0.5) is 0 Å². The monoisotopic (exact) mass is 426 g/mol. The number of hydrogen-bond donors (Lipinski definition) is 1. The first-order valence-corrected chi connectivity index (χ1v) is 10.4. The van der Waals surface area contributed by atoms with Gasteiger partial charge in [0.25, 0.3) is 5.91 Å². The summed E-state index contributed by atoms with van der Waals surface area (Å²) in [6.07, 6.45) is -0.159. The molecular formula is C23H27ClN4O2. The Balaban J connectivity index is 1.74. The molecule has 3 rings (SSSR count). The van der Waals surface area contributed by atoms with Gasteiger partial charge in [-0.3, -0.25) is 4.79 Å². The molecule has 0 spiro atoms. The summed E-state index contributed by atoms with van der Waals surface area (Å²) in [7, 11) is 0. The summed E-state index contributed by atoms with van der Waals surface area (Å²) in [5.41, 5.74) is 0.904. The topological polar surface area (TPSA) is 87.9 Å². The largest absolute Gasteiger partial charge is 0.489 e. The molecule has 1 N–H and O–H groups in total. The van der Waals surface area contributed by atoms with Gasteiger partial charge in [-0.05, 0) is 30.2 Å². The lowest BCUT2D eigenvalue weighted by Gasteiger charge is -2.63. The third kappa shape index (κ3) is 3.87. The Morgan fingerprint density at radius 3 is 2.33 bits per heavy atom. The van der Waals surface area contributed by atoms with Gasteiger partial charge >= 0.3 is 0 Å². The van der Waals surface area contributed by atoms with E-state index in [0.717, 1.165) is 5.69 Å². The number of carbonyl (C=O) groups is 1. The highest BCUT2D eigenvalue weighted by Gasteiger charge is 2.64. The van der Waals surface area contributed by atoms with Gasteiger partial charge in [-0.25, -0.2) is 0 Å². The Hall–Kier alpha value is -2.65. The highest BCUT2D eigenvalue weighted by molar-refractivity contribution is 6.31. The van der Waals surface area contributed by atoms with E-state index in [-0.39, 0.29) is 34.8 Å². The van der Waals surface area contributed by atoms with E-state index in [1.54, 1.807) is 24.3 Å². The van der Waals surface area contributed by atoms with Crippen LogP contribution in [0.2, 0.25) is 5.02 Å². The van der Waals surface area contributed by atoms with Crippen LogP contribution in [0.1, 0.15) is 69.2 Å². The van der Waals surface area contributed by atoms with Crippen molar-refractivity contribution in [3.05, 3.63) is 52.3 Å². The van der Waals surface area contributed by atoms with E-state index in [4.69, 9.17) is 21.6 Å². The minimum absolute atomic E-state index is 0.122. The number of aromatic nitrogens is 2. The van der Waals surface area contributed by atoms with Crippen molar-refractivity contribution in [2.75, 3.05) is 0 Å². The number of nitrogens with zero attached hydrogens (tertiary/aromatic N) is 3. The predicted octanol–water partition coefficient (Wildman–Crippen LogP) is 4.74. The zero-order valence-corrected chi connectivity index (χ0v) is 18.9. The van der Waals surface area contributed by atoms with Crippen molar-refractivity contribution in [2.24, 2.45) is 10.8 Å². The molecule has 2 aromatic rings. The SMILES string of the molecule is CC(C)c1ccc(C(=O)N[C@H]2C(C)(C)[C@H](Oc3ccc(C#N)c(Cl)c3)C2(C)C)nn1. The second-order valence-electron chi connectivity index (χ2n) is 9.30. The second kappa shape index (κ2) is 7.88. The Morgan fingerprint density at radius 1 is 1.17 bits per heavy atom. The van der Waals surface area contributed by atoms with Crippen molar-refractivity contribution in [1.29, 1.82) is 5.26 Å². The summed E-state index contributed by atoms with van der Waals surface area (Å²) in [5.74, 6) is 0.613. The zero-order valence-electron chi connectivity index (χ0n) is 18.2.